The van der Waals surface area contributed by atoms with E-state index in [1.165, 1.54) is 0 Å². The second-order valence-electron chi connectivity index (χ2n) is 18.7. The van der Waals surface area contributed by atoms with E-state index in [1.54, 1.807) is 56.2 Å². The first-order chi connectivity index (χ1) is 39.2. The van der Waals surface area contributed by atoms with Gasteiger partial charge in [0.15, 0.2) is 23.3 Å². The molecule has 0 amide bonds. The van der Waals surface area contributed by atoms with E-state index in [0.717, 1.165) is 63.4 Å². The van der Waals surface area contributed by atoms with Crippen molar-refractivity contribution in [2.24, 2.45) is 0 Å². The van der Waals surface area contributed by atoms with Gasteiger partial charge in [0.1, 0.15) is 44.6 Å². The highest BCUT2D eigenvalue weighted by atomic mass is 16.5. The average Bonchev–Trinajstić information content (AvgIpc) is 3.47. The molecule has 8 aromatic heterocycles. The number of fused-ring (bicyclic) bond motifs is 4. The molecular weight excluding hydrogens is 1040 g/mol. The molecule has 0 fully saturated rings. The normalized spacial score (nSPS) is 12.4. The molecule has 8 rings (SSSR count). The third-order valence-electron chi connectivity index (χ3n) is 12.2. The maximum atomic E-state index is 9.49. The molecule has 0 saturated carbocycles. The topological polar surface area (TPSA) is 406 Å². The molecule has 0 radical (unpaired) electrons. The van der Waals surface area contributed by atoms with Crippen LogP contribution >= 0.6 is 0 Å². The lowest BCUT2D eigenvalue weighted by Gasteiger charge is -2.17. The van der Waals surface area contributed by atoms with Crippen molar-refractivity contribution >= 4 is 91.2 Å². The molecular formula is C55H80N20O6. The van der Waals surface area contributed by atoms with Crippen molar-refractivity contribution in [1.29, 1.82) is 0 Å². The second kappa shape index (κ2) is 33.2. The van der Waals surface area contributed by atoms with Gasteiger partial charge in [-0.2, -0.15) is 19.9 Å². The van der Waals surface area contributed by atoms with E-state index in [-0.39, 0.29) is 74.4 Å². The van der Waals surface area contributed by atoms with Gasteiger partial charge in [-0.3, -0.25) is 9.97 Å². The number of anilines is 8. The Labute approximate surface area is 471 Å². The Hall–Kier alpha value is -8.46. The number of nitrogens with one attached hydrogen (secondary N) is 4. The number of aliphatic hydroxyl groups excluding tert-OH is 4. The number of nitrogen functional groups attached to an aromatic ring is 4. The standard InChI is InChI=1S/C15H23N5O2.C14H21N5O2.C14H21N5O.C12H15N5O/c1-3-5-6-10(9-21)18-14-13-12(19-15(16)20-14)7-11(8-17-13)22-4-2;1-3-4-5-9(8-20)17-13-12-11(18-14(15)19-13)6-10(21-2)7-16-12;1-3-4-5-10(8-20)17-13-12-11(18-14(15)19-13)6-9(2)7-16-12;1-2-4-8(7-18)15-11-10-9(5-3-6-14-10)16-12(13)17-11/h7-8,10,21H,3-6,9H2,1-2H3,(H3,16,18,19,20);6-7,9,20H,3-5,8H2,1-2H3,(H3,15,17,18,19);6-7,10,20H,3-5,8H2,1-2H3,(H3,15,17,18,19);2-3,5-6,8,18H,1,4,7H2,(H3,13,15,16,17)/t10-;9-;10-;8-/m1111/s1. The Morgan fingerprint density at radius 2 is 0.901 bits per heavy atom. The number of rotatable bonds is 26. The quantitative estimate of drug-likeness (QED) is 0.0262. The van der Waals surface area contributed by atoms with Crippen LogP contribution in [0, 0.1) is 6.92 Å². The van der Waals surface area contributed by atoms with Crippen LogP contribution in [0.25, 0.3) is 44.1 Å². The van der Waals surface area contributed by atoms with Crippen molar-refractivity contribution in [3.8, 4) is 11.5 Å². The molecule has 0 aliphatic carbocycles. The summed E-state index contributed by atoms with van der Waals surface area (Å²) in [5, 5.41) is 50.4. The maximum Gasteiger partial charge on any atom is 0.222 e. The number of unbranched alkanes of at least 4 members (excludes halogenated alkanes) is 3. The number of aliphatic hydroxyl groups is 4. The molecule has 26 nitrogen and oxygen atoms in total. The highest BCUT2D eigenvalue weighted by molar-refractivity contribution is 5.89. The van der Waals surface area contributed by atoms with Gasteiger partial charge in [-0.25, -0.2) is 29.9 Å². The van der Waals surface area contributed by atoms with E-state index in [4.69, 9.17) is 32.4 Å². The van der Waals surface area contributed by atoms with Gasteiger partial charge in [0.25, 0.3) is 0 Å². The first kappa shape index (κ1) is 63.4. The van der Waals surface area contributed by atoms with Crippen LogP contribution < -0.4 is 53.7 Å². The van der Waals surface area contributed by atoms with Crippen LogP contribution in [0.2, 0.25) is 0 Å². The predicted octanol–water partition coefficient (Wildman–Crippen LogP) is 6.38. The van der Waals surface area contributed by atoms with Crippen molar-refractivity contribution < 1.29 is 29.9 Å². The molecule has 0 aliphatic rings. The fourth-order valence-electron chi connectivity index (χ4n) is 8.05. The third-order valence-corrected chi connectivity index (χ3v) is 12.2. The molecule has 81 heavy (non-hydrogen) atoms. The maximum absolute atomic E-state index is 9.49. The smallest absolute Gasteiger partial charge is 0.222 e. The monoisotopic (exact) mass is 1120 g/mol. The Morgan fingerprint density at radius 1 is 0.519 bits per heavy atom. The molecule has 0 spiro atoms. The molecule has 16 N–H and O–H groups in total. The lowest BCUT2D eigenvalue weighted by atomic mass is 10.1. The van der Waals surface area contributed by atoms with Crippen molar-refractivity contribution in [1.82, 2.24) is 59.8 Å². The van der Waals surface area contributed by atoms with Crippen LogP contribution in [-0.2, 0) is 0 Å². The van der Waals surface area contributed by atoms with Crippen LogP contribution in [0.5, 0.6) is 11.5 Å². The number of aromatic nitrogens is 12. The van der Waals surface area contributed by atoms with E-state index < -0.39 is 0 Å². The molecule has 0 aromatic carbocycles. The molecule has 8 heterocycles. The van der Waals surface area contributed by atoms with Crippen LogP contribution in [0.15, 0.2) is 67.8 Å². The molecule has 0 saturated heterocycles. The van der Waals surface area contributed by atoms with Gasteiger partial charge in [-0.15, -0.1) is 6.58 Å². The third kappa shape index (κ3) is 19.4. The van der Waals surface area contributed by atoms with Gasteiger partial charge in [0, 0.05) is 24.5 Å². The summed E-state index contributed by atoms with van der Waals surface area (Å²) in [6.07, 6.45) is 17.9. The van der Waals surface area contributed by atoms with Crippen molar-refractivity contribution in [2.75, 3.05) is 84.3 Å². The van der Waals surface area contributed by atoms with E-state index >= 15 is 0 Å². The van der Waals surface area contributed by atoms with E-state index in [2.05, 4.69) is 108 Å². The van der Waals surface area contributed by atoms with E-state index in [1.807, 2.05) is 26.0 Å². The number of methoxy groups -OCH3 is 1. The van der Waals surface area contributed by atoms with Gasteiger partial charge >= 0.3 is 0 Å². The van der Waals surface area contributed by atoms with Crippen LogP contribution in [-0.4, -0.2) is 145 Å². The summed E-state index contributed by atoms with van der Waals surface area (Å²) >= 11 is 0. The second-order valence-corrected chi connectivity index (χ2v) is 18.7. The van der Waals surface area contributed by atoms with Gasteiger partial charge < -0.3 is 74.1 Å². The fraction of sp³-hybridized carbons (Fsp3) is 0.455. The minimum atomic E-state index is -0.165. The first-order valence-corrected chi connectivity index (χ1v) is 27.1. The number of ether oxygens (including phenoxy) is 2. The zero-order chi connectivity index (χ0) is 58.7. The number of hydrogen-bond acceptors (Lipinski definition) is 26. The lowest BCUT2D eigenvalue weighted by Crippen LogP contribution is -2.24. The fourth-order valence-corrected chi connectivity index (χ4v) is 8.05. The minimum absolute atomic E-state index is 0.0236. The summed E-state index contributed by atoms with van der Waals surface area (Å²) in [5.74, 6) is 4.15. The average molecular weight is 1120 g/mol. The molecule has 436 valence electrons. The number of nitrogens with two attached hydrogens (primary N) is 4. The molecule has 0 bridgehead atoms. The number of pyridine rings is 4. The summed E-state index contributed by atoms with van der Waals surface area (Å²) < 4.78 is 10.6. The summed E-state index contributed by atoms with van der Waals surface area (Å²) in [7, 11) is 1.57. The Morgan fingerprint density at radius 3 is 1.31 bits per heavy atom. The molecule has 8 aromatic rings. The highest BCUT2D eigenvalue weighted by Crippen LogP contribution is 2.27. The zero-order valence-electron chi connectivity index (χ0n) is 47.2. The summed E-state index contributed by atoms with van der Waals surface area (Å²) in [4.78, 5) is 50.6. The van der Waals surface area contributed by atoms with Crippen molar-refractivity contribution in [3.63, 3.8) is 0 Å². The molecule has 0 aliphatic heterocycles. The summed E-state index contributed by atoms with van der Waals surface area (Å²) in [6.45, 7) is 14.5. The Kier molecular flexibility index (Phi) is 26.0. The SMILES string of the molecule is C=CC[C@H](CO)Nc1nc(N)nc2cccnc12.CCCC[C@H](CO)Nc1nc(N)nc2cc(C)cnc12.CCCC[C@H](CO)Nc1nc(N)nc2cc(OC)cnc12.CCCC[C@H](CO)Nc1nc(N)nc2cc(OCC)cnc12. The first-order valence-electron chi connectivity index (χ1n) is 27.1. The zero-order valence-corrected chi connectivity index (χ0v) is 47.2. The largest absolute Gasteiger partial charge is 0.495 e. The van der Waals surface area contributed by atoms with Crippen LogP contribution in [0.4, 0.5) is 47.1 Å². The summed E-state index contributed by atoms with van der Waals surface area (Å²) in [6, 6.07) is 8.69. The Bertz CT molecular complexity index is 3210. The number of nitrogens with zero attached hydrogens (tertiary/aromatic N) is 12. The highest BCUT2D eigenvalue weighted by Gasteiger charge is 2.17. The number of aryl methyl sites for hydroxylation is 1. The van der Waals surface area contributed by atoms with Gasteiger partial charge in [-0.05, 0) is 63.3 Å². The van der Waals surface area contributed by atoms with Gasteiger partial charge in [-0.1, -0.05) is 65.4 Å². The van der Waals surface area contributed by atoms with Crippen LogP contribution in [0.3, 0.4) is 0 Å². The molecule has 4 atom stereocenters. The lowest BCUT2D eigenvalue weighted by molar-refractivity contribution is 0.266. The molecule has 0 unspecified atom stereocenters. The Balaban J connectivity index is 0.000000199. The van der Waals surface area contributed by atoms with E-state index in [9.17, 15) is 20.4 Å². The van der Waals surface area contributed by atoms with Crippen LogP contribution in [0.1, 0.15) is 97.5 Å². The van der Waals surface area contributed by atoms with Crippen molar-refractivity contribution in [3.05, 3.63) is 73.3 Å². The number of hydrogen-bond donors (Lipinski definition) is 12. The van der Waals surface area contributed by atoms with E-state index in [0.29, 0.717) is 91.9 Å². The van der Waals surface area contributed by atoms with Gasteiger partial charge in [0.05, 0.1) is 87.7 Å². The predicted molar refractivity (Wildman–Crippen MR) is 321 cm³/mol. The summed E-state index contributed by atoms with van der Waals surface area (Å²) in [5.41, 5.74) is 29.1. The van der Waals surface area contributed by atoms with Crippen molar-refractivity contribution in [2.45, 2.75) is 123 Å². The van der Waals surface area contributed by atoms with Gasteiger partial charge in [0.2, 0.25) is 23.8 Å². The molecule has 26 heteroatoms. The minimum Gasteiger partial charge on any atom is -0.495 e.